The van der Waals surface area contributed by atoms with Gasteiger partial charge in [0.15, 0.2) is 0 Å². The normalized spacial score (nSPS) is 12.2. The summed E-state index contributed by atoms with van der Waals surface area (Å²) in [5, 5.41) is 1.77. The van der Waals surface area contributed by atoms with Crippen LogP contribution in [0.5, 0.6) is 0 Å². The maximum Gasteiger partial charge on any atom is 0.0945 e. The van der Waals surface area contributed by atoms with Gasteiger partial charge < -0.3 is 4.57 Å². The number of nitrogens with zero attached hydrogens (tertiary/aromatic N) is 2. The predicted octanol–water partition coefficient (Wildman–Crippen LogP) is 6.64. The number of thioether (sulfide) groups is 1. The zero-order chi connectivity index (χ0) is 17.5. The highest BCUT2D eigenvalue weighted by Crippen LogP contribution is 2.39. The molecule has 0 radical (unpaired) electrons. The van der Waals surface area contributed by atoms with E-state index in [1.807, 2.05) is 48.7 Å². The van der Waals surface area contributed by atoms with Crippen LogP contribution in [-0.4, -0.2) is 9.55 Å². The number of benzene rings is 2. The molecule has 1 aromatic heterocycles. The van der Waals surface area contributed by atoms with Crippen LogP contribution in [0.25, 0.3) is 0 Å². The van der Waals surface area contributed by atoms with Gasteiger partial charge in [-0.05, 0) is 36.1 Å². The van der Waals surface area contributed by atoms with E-state index in [0.717, 1.165) is 35.7 Å². The summed E-state index contributed by atoms with van der Waals surface area (Å²) in [6.07, 6.45) is 7.80. The zero-order valence-corrected chi connectivity index (χ0v) is 16.1. The Morgan fingerprint density at radius 1 is 1.08 bits per heavy atom. The fraction of sp³-hybridized carbons (Fsp3) is 0.250. The molecule has 0 aliphatic heterocycles. The van der Waals surface area contributed by atoms with E-state index in [0.29, 0.717) is 10.3 Å². The Bertz CT molecular complexity index is 776. The highest BCUT2D eigenvalue weighted by Gasteiger charge is 2.16. The van der Waals surface area contributed by atoms with Crippen LogP contribution >= 0.6 is 35.0 Å². The number of imidazole rings is 1. The van der Waals surface area contributed by atoms with E-state index in [1.165, 1.54) is 5.56 Å². The van der Waals surface area contributed by atoms with E-state index in [9.17, 15) is 0 Å². The SMILES string of the molecule is Clc1ccc(C(CCCn2ccnc2)SCc2ccccc2)c(Cl)c1. The Morgan fingerprint density at radius 2 is 1.92 bits per heavy atom. The molecule has 1 heterocycles. The van der Waals surface area contributed by atoms with Crippen molar-refractivity contribution in [1.29, 1.82) is 0 Å². The molecule has 1 unspecified atom stereocenters. The Kier molecular flexibility index (Phi) is 6.85. The molecule has 0 bridgehead atoms. The van der Waals surface area contributed by atoms with Gasteiger partial charge in [0.2, 0.25) is 0 Å². The Balaban J connectivity index is 1.68. The van der Waals surface area contributed by atoms with Crippen molar-refractivity contribution in [3.05, 3.63) is 88.4 Å². The number of aryl methyl sites for hydroxylation is 1. The smallest absolute Gasteiger partial charge is 0.0945 e. The van der Waals surface area contributed by atoms with Gasteiger partial charge in [0, 0.05) is 40.0 Å². The molecule has 3 aromatic rings. The Labute approximate surface area is 163 Å². The molecule has 0 fully saturated rings. The Morgan fingerprint density at radius 3 is 2.64 bits per heavy atom. The number of aromatic nitrogens is 2. The molecule has 130 valence electrons. The summed E-state index contributed by atoms with van der Waals surface area (Å²) >= 11 is 14.5. The first-order valence-electron chi connectivity index (χ1n) is 8.28. The van der Waals surface area contributed by atoms with Crippen molar-refractivity contribution in [2.24, 2.45) is 0 Å². The number of hydrogen-bond donors (Lipinski definition) is 0. The van der Waals surface area contributed by atoms with Crippen LogP contribution in [0.4, 0.5) is 0 Å². The molecule has 0 saturated heterocycles. The maximum atomic E-state index is 6.47. The molecule has 0 saturated carbocycles. The predicted molar refractivity (Wildman–Crippen MR) is 108 cm³/mol. The minimum atomic E-state index is 0.341. The van der Waals surface area contributed by atoms with Crippen LogP contribution < -0.4 is 0 Å². The number of hydrogen-bond acceptors (Lipinski definition) is 2. The maximum absolute atomic E-state index is 6.47. The van der Waals surface area contributed by atoms with Gasteiger partial charge in [-0.1, -0.05) is 59.6 Å². The number of rotatable bonds is 8. The van der Waals surface area contributed by atoms with Gasteiger partial charge in [0.25, 0.3) is 0 Å². The summed E-state index contributed by atoms with van der Waals surface area (Å²) in [7, 11) is 0. The third-order valence-electron chi connectivity index (χ3n) is 4.05. The first-order valence-corrected chi connectivity index (χ1v) is 10.1. The van der Waals surface area contributed by atoms with Crippen LogP contribution in [0.1, 0.15) is 29.2 Å². The highest BCUT2D eigenvalue weighted by atomic mass is 35.5. The minimum absolute atomic E-state index is 0.341. The van der Waals surface area contributed by atoms with Gasteiger partial charge in [0.05, 0.1) is 6.33 Å². The lowest BCUT2D eigenvalue weighted by atomic mass is 10.1. The second kappa shape index (κ2) is 9.33. The van der Waals surface area contributed by atoms with Gasteiger partial charge in [0.1, 0.15) is 0 Å². The fourth-order valence-corrected chi connectivity index (χ4v) is 4.65. The standard InChI is InChI=1S/C20H20Cl2N2S/c21-17-8-9-18(19(22)13-17)20(7-4-11-24-12-10-23-15-24)25-14-16-5-2-1-3-6-16/h1-3,5-6,8-10,12-13,15,20H,4,7,11,14H2. The van der Waals surface area contributed by atoms with E-state index in [1.54, 1.807) is 0 Å². The van der Waals surface area contributed by atoms with Crippen LogP contribution in [-0.2, 0) is 12.3 Å². The van der Waals surface area contributed by atoms with Crippen molar-refractivity contribution in [2.75, 3.05) is 0 Å². The van der Waals surface area contributed by atoms with Crippen molar-refractivity contribution in [1.82, 2.24) is 9.55 Å². The van der Waals surface area contributed by atoms with Gasteiger partial charge >= 0.3 is 0 Å². The second-order valence-corrected chi connectivity index (χ2v) is 7.93. The van der Waals surface area contributed by atoms with Gasteiger partial charge in [-0.3, -0.25) is 0 Å². The van der Waals surface area contributed by atoms with E-state index in [-0.39, 0.29) is 0 Å². The average molecular weight is 391 g/mol. The summed E-state index contributed by atoms with van der Waals surface area (Å²) in [5.41, 5.74) is 2.50. The fourth-order valence-electron chi connectivity index (χ4n) is 2.74. The molecule has 0 aliphatic carbocycles. The number of halogens is 2. The molecule has 2 nitrogen and oxygen atoms in total. The van der Waals surface area contributed by atoms with Crippen molar-refractivity contribution in [2.45, 2.75) is 30.4 Å². The van der Waals surface area contributed by atoms with Gasteiger partial charge in [-0.15, -0.1) is 11.8 Å². The average Bonchev–Trinajstić information content (AvgIpc) is 3.13. The van der Waals surface area contributed by atoms with Crippen LogP contribution in [0.15, 0.2) is 67.3 Å². The van der Waals surface area contributed by atoms with Gasteiger partial charge in [-0.25, -0.2) is 4.98 Å². The molecule has 0 N–H and O–H groups in total. The molecule has 2 aromatic carbocycles. The third-order valence-corrected chi connectivity index (χ3v) is 6.00. The third kappa shape index (κ3) is 5.53. The summed E-state index contributed by atoms with van der Waals surface area (Å²) in [4.78, 5) is 4.10. The lowest BCUT2D eigenvalue weighted by molar-refractivity contribution is 0.604. The molecule has 1 atom stereocenters. The van der Waals surface area contributed by atoms with Gasteiger partial charge in [-0.2, -0.15) is 0 Å². The monoisotopic (exact) mass is 390 g/mol. The molecule has 3 rings (SSSR count). The van der Waals surface area contributed by atoms with Crippen molar-refractivity contribution in [3.8, 4) is 0 Å². The van der Waals surface area contributed by atoms with E-state index < -0.39 is 0 Å². The molecular formula is C20H20Cl2N2S. The molecule has 25 heavy (non-hydrogen) atoms. The van der Waals surface area contributed by atoms with Crippen LogP contribution in [0.3, 0.4) is 0 Å². The molecule has 0 amide bonds. The van der Waals surface area contributed by atoms with Crippen LogP contribution in [0.2, 0.25) is 10.0 Å². The topological polar surface area (TPSA) is 17.8 Å². The van der Waals surface area contributed by atoms with E-state index >= 15 is 0 Å². The molecule has 0 spiro atoms. The molecular weight excluding hydrogens is 371 g/mol. The summed E-state index contributed by atoms with van der Waals surface area (Å²) in [6.45, 7) is 0.966. The molecule has 5 heteroatoms. The zero-order valence-electron chi connectivity index (χ0n) is 13.8. The van der Waals surface area contributed by atoms with Crippen LogP contribution in [0, 0.1) is 0 Å². The van der Waals surface area contributed by atoms with Crippen molar-refractivity contribution < 1.29 is 0 Å². The first-order chi connectivity index (χ1) is 12.2. The summed E-state index contributed by atoms with van der Waals surface area (Å²) < 4.78 is 2.11. The Hall–Kier alpha value is -1.42. The summed E-state index contributed by atoms with van der Waals surface area (Å²) in [5.74, 6) is 0.968. The second-order valence-electron chi connectivity index (χ2n) is 5.89. The first kappa shape index (κ1) is 18.4. The minimum Gasteiger partial charge on any atom is -0.337 e. The highest BCUT2D eigenvalue weighted by molar-refractivity contribution is 7.98. The largest absolute Gasteiger partial charge is 0.337 e. The van der Waals surface area contributed by atoms with Crippen molar-refractivity contribution >= 4 is 35.0 Å². The quantitative estimate of drug-likeness (QED) is 0.428. The lowest BCUT2D eigenvalue weighted by Gasteiger charge is -2.19. The van der Waals surface area contributed by atoms with Crippen molar-refractivity contribution in [3.63, 3.8) is 0 Å². The summed E-state index contributed by atoms with van der Waals surface area (Å²) in [6, 6.07) is 16.4. The van der Waals surface area contributed by atoms with E-state index in [4.69, 9.17) is 23.2 Å². The molecule has 0 aliphatic rings. The lowest BCUT2D eigenvalue weighted by Crippen LogP contribution is -2.01. The van der Waals surface area contributed by atoms with E-state index in [2.05, 4.69) is 39.9 Å².